The van der Waals surface area contributed by atoms with Crippen LogP contribution in [0.25, 0.3) is 6.08 Å². The predicted octanol–water partition coefficient (Wildman–Crippen LogP) is 3.79. The second-order valence-corrected chi connectivity index (χ2v) is 4.45. The number of hydrogen-bond acceptors (Lipinski definition) is 3. The van der Waals surface area contributed by atoms with Crippen molar-refractivity contribution in [3.8, 4) is 5.75 Å². The second-order valence-electron chi connectivity index (χ2n) is 4.45. The highest BCUT2D eigenvalue weighted by Crippen LogP contribution is 2.16. The molecule has 2 rings (SSSR count). The fraction of sp³-hybridized carbons (Fsp3) is 0.118. The molecule has 2 aromatic carbocycles. The van der Waals surface area contributed by atoms with E-state index in [-0.39, 0.29) is 11.5 Å². The molecule has 20 heavy (non-hydrogen) atoms. The van der Waals surface area contributed by atoms with Gasteiger partial charge in [0.15, 0.2) is 5.76 Å². The van der Waals surface area contributed by atoms with E-state index in [0.717, 1.165) is 16.9 Å². The number of aliphatic hydroxyl groups excluding tert-OH is 1. The Balaban J connectivity index is 2.25. The van der Waals surface area contributed by atoms with Crippen LogP contribution in [0.5, 0.6) is 5.75 Å². The molecule has 0 heterocycles. The highest BCUT2D eigenvalue weighted by Gasteiger charge is 2.12. The lowest BCUT2D eigenvalue weighted by Gasteiger charge is -2.04. The Kier molecular flexibility index (Phi) is 4.20. The molecule has 2 aromatic rings. The number of rotatable bonds is 4. The van der Waals surface area contributed by atoms with Crippen LogP contribution < -0.4 is 4.74 Å². The Bertz CT molecular complexity index is 640. The van der Waals surface area contributed by atoms with Gasteiger partial charge in [-0.1, -0.05) is 36.4 Å². The largest absolute Gasteiger partial charge is 0.504 e. The number of carbonyl (C=O) groups excluding carboxylic acids is 1. The van der Waals surface area contributed by atoms with Gasteiger partial charge in [0.2, 0.25) is 5.78 Å². The van der Waals surface area contributed by atoms with Gasteiger partial charge >= 0.3 is 0 Å². The number of benzene rings is 2. The molecular weight excluding hydrogens is 252 g/mol. The van der Waals surface area contributed by atoms with E-state index >= 15 is 0 Å². The molecule has 0 unspecified atom stereocenters. The zero-order chi connectivity index (χ0) is 14.5. The Morgan fingerprint density at radius 3 is 2.35 bits per heavy atom. The van der Waals surface area contributed by atoms with Crippen LogP contribution in [0, 0.1) is 6.92 Å². The van der Waals surface area contributed by atoms with Crippen molar-refractivity contribution in [3.05, 3.63) is 71.0 Å². The van der Waals surface area contributed by atoms with E-state index in [1.165, 1.54) is 6.08 Å². The first-order chi connectivity index (χ1) is 9.61. The standard InChI is InChI=1S/C17H16O3/c1-12-5-3-4-6-15(12)17(19)16(18)11-13-7-9-14(20-2)10-8-13/h3-11,18H,1-2H3. The Labute approximate surface area is 118 Å². The molecule has 0 bridgehead atoms. The minimum absolute atomic E-state index is 0.274. The van der Waals surface area contributed by atoms with Gasteiger partial charge in [-0.2, -0.15) is 0 Å². The lowest BCUT2D eigenvalue weighted by Crippen LogP contribution is -2.04. The minimum Gasteiger partial charge on any atom is -0.504 e. The molecular formula is C17H16O3. The van der Waals surface area contributed by atoms with Crippen molar-refractivity contribution >= 4 is 11.9 Å². The van der Waals surface area contributed by atoms with Gasteiger partial charge in [0.25, 0.3) is 0 Å². The van der Waals surface area contributed by atoms with E-state index in [4.69, 9.17) is 4.74 Å². The van der Waals surface area contributed by atoms with Gasteiger partial charge in [0.1, 0.15) is 5.75 Å². The van der Waals surface area contributed by atoms with Crippen molar-refractivity contribution < 1.29 is 14.6 Å². The molecule has 0 saturated heterocycles. The number of allylic oxidation sites excluding steroid dienone is 1. The molecule has 3 nitrogen and oxygen atoms in total. The smallest absolute Gasteiger partial charge is 0.227 e. The van der Waals surface area contributed by atoms with E-state index in [1.54, 1.807) is 43.5 Å². The molecule has 1 N–H and O–H groups in total. The number of Topliss-reactive ketones (excluding diaryl/α,β-unsaturated/α-hetero) is 1. The van der Waals surface area contributed by atoms with Crippen LogP contribution in [0.15, 0.2) is 54.3 Å². The first-order valence-corrected chi connectivity index (χ1v) is 6.27. The lowest BCUT2D eigenvalue weighted by molar-refractivity contribution is 0.0980. The molecule has 3 heteroatoms. The van der Waals surface area contributed by atoms with Gasteiger partial charge in [-0.3, -0.25) is 4.79 Å². The average Bonchev–Trinajstić information content (AvgIpc) is 2.48. The zero-order valence-electron chi connectivity index (χ0n) is 11.5. The Hall–Kier alpha value is -2.55. The van der Waals surface area contributed by atoms with Crippen molar-refractivity contribution in [2.24, 2.45) is 0 Å². The van der Waals surface area contributed by atoms with E-state index in [1.807, 2.05) is 19.1 Å². The summed E-state index contributed by atoms with van der Waals surface area (Å²) < 4.78 is 5.06. The summed E-state index contributed by atoms with van der Waals surface area (Å²) in [6.07, 6.45) is 1.45. The third-order valence-corrected chi connectivity index (χ3v) is 3.04. The van der Waals surface area contributed by atoms with Gasteiger partial charge in [0.05, 0.1) is 7.11 Å². The van der Waals surface area contributed by atoms with Crippen molar-refractivity contribution in [2.45, 2.75) is 6.92 Å². The highest BCUT2D eigenvalue weighted by atomic mass is 16.5. The summed E-state index contributed by atoms with van der Waals surface area (Å²) in [5.74, 6) is 0.0789. The predicted molar refractivity (Wildman–Crippen MR) is 79.1 cm³/mol. The fourth-order valence-corrected chi connectivity index (χ4v) is 1.89. The first-order valence-electron chi connectivity index (χ1n) is 6.27. The third kappa shape index (κ3) is 3.06. The van der Waals surface area contributed by atoms with Crippen LogP contribution in [0.4, 0.5) is 0 Å². The summed E-state index contributed by atoms with van der Waals surface area (Å²) in [5.41, 5.74) is 2.09. The third-order valence-electron chi connectivity index (χ3n) is 3.04. The molecule has 0 aliphatic heterocycles. The quantitative estimate of drug-likeness (QED) is 0.521. The molecule has 0 fully saturated rings. The number of ketones is 1. The van der Waals surface area contributed by atoms with Crippen molar-refractivity contribution in [3.63, 3.8) is 0 Å². The van der Waals surface area contributed by atoms with Crippen molar-refractivity contribution in [2.75, 3.05) is 7.11 Å². The summed E-state index contributed by atoms with van der Waals surface area (Å²) in [7, 11) is 1.59. The summed E-state index contributed by atoms with van der Waals surface area (Å²) >= 11 is 0. The van der Waals surface area contributed by atoms with Crippen LogP contribution in [0.3, 0.4) is 0 Å². The number of aryl methyl sites for hydroxylation is 1. The molecule has 0 amide bonds. The molecule has 102 valence electrons. The van der Waals surface area contributed by atoms with Gasteiger partial charge in [-0.15, -0.1) is 0 Å². The summed E-state index contributed by atoms with van der Waals surface area (Å²) in [4.78, 5) is 12.1. The minimum atomic E-state index is -0.376. The van der Waals surface area contributed by atoms with E-state index in [2.05, 4.69) is 0 Å². The van der Waals surface area contributed by atoms with E-state index < -0.39 is 0 Å². The van der Waals surface area contributed by atoms with Crippen LogP contribution >= 0.6 is 0 Å². The Morgan fingerprint density at radius 2 is 1.75 bits per heavy atom. The monoisotopic (exact) mass is 268 g/mol. The lowest BCUT2D eigenvalue weighted by atomic mass is 10.0. The van der Waals surface area contributed by atoms with E-state index in [0.29, 0.717) is 5.56 Å². The van der Waals surface area contributed by atoms with Crippen LogP contribution in [0.1, 0.15) is 21.5 Å². The fourth-order valence-electron chi connectivity index (χ4n) is 1.89. The summed E-state index contributed by atoms with van der Waals surface area (Å²) in [6, 6.07) is 14.3. The number of hydrogen-bond donors (Lipinski definition) is 1. The number of methoxy groups -OCH3 is 1. The SMILES string of the molecule is COc1ccc(C=C(O)C(=O)c2ccccc2C)cc1. The second kappa shape index (κ2) is 6.06. The number of aliphatic hydroxyl groups is 1. The average molecular weight is 268 g/mol. The first kappa shape index (κ1) is 13.9. The summed E-state index contributed by atoms with van der Waals surface area (Å²) in [6.45, 7) is 1.84. The molecule has 0 aliphatic rings. The van der Waals surface area contributed by atoms with E-state index in [9.17, 15) is 9.90 Å². The summed E-state index contributed by atoms with van der Waals surface area (Å²) in [5, 5.41) is 9.96. The van der Waals surface area contributed by atoms with Crippen LogP contribution in [-0.4, -0.2) is 18.0 Å². The maximum Gasteiger partial charge on any atom is 0.227 e. The van der Waals surface area contributed by atoms with Crippen molar-refractivity contribution in [1.29, 1.82) is 0 Å². The molecule has 0 radical (unpaired) electrons. The van der Waals surface area contributed by atoms with Crippen LogP contribution in [0.2, 0.25) is 0 Å². The van der Waals surface area contributed by atoms with Gasteiger partial charge in [-0.05, 0) is 36.3 Å². The normalized spacial score (nSPS) is 11.2. The maximum absolute atomic E-state index is 12.1. The molecule has 0 aromatic heterocycles. The highest BCUT2D eigenvalue weighted by molar-refractivity contribution is 6.10. The Morgan fingerprint density at radius 1 is 1.10 bits per heavy atom. The van der Waals surface area contributed by atoms with Gasteiger partial charge in [0, 0.05) is 5.56 Å². The van der Waals surface area contributed by atoms with Crippen molar-refractivity contribution in [1.82, 2.24) is 0 Å². The zero-order valence-corrected chi connectivity index (χ0v) is 11.5. The maximum atomic E-state index is 12.1. The van der Waals surface area contributed by atoms with Gasteiger partial charge in [-0.25, -0.2) is 0 Å². The number of ether oxygens (including phenoxy) is 1. The van der Waals surface area contributed by atoms with Crippen LogP contribution in [-0.2, 0) is 0 Å². The topological polar surface area (TPSA) is 46.5 Å². The molecule has 0 atom stereocenters. The number of carbonyl (C=O) groups is 1. The molecule has 0 aliphatic carbocycles. The van der Waals surface area contributed by atoms with Gasteiger partial charge < -0.3 is 9.84 Å². The molecule has 0 saturated carbocycles. The molecule has 0 spiro atoms.